The van der Waals surface area contributed by atoms with Crippen molar-refractivity contribution in [1.29, 1.82) is 0 Å². The molecule has 0 spiro atoms. The summed E-state index contributed by atoms with van der Waals surface area (Å²) in [4.78, 5) is 13.2. The maximum absolute atomic E-state index is 12.9. The number of aromatic nitrogens is 3. The van der Waals surface area contributed by atoms with E-state index in [1.165, 1.54) is 12.3 Å². The van der Waals surface area contributed by atoms with E-state index in [9.17, 15) is 14.5 Å². The first-order valence-corrected chi connectivity index (χ1v) is 3.82. The zero-order chi connectivity index (χ0) is 10.3. The Morgan fingerprint density at radius 1 is 1.64 bits per heavy atom. The molecule has 6 nitrogen and oxygen atoms in total. The van der Waals surface area contributed by atoms with E-state index in [1.54, 1.807) is 0 Å². The molecule has 2 aromatic heterocycles. The zero-order valence-corrected chi connectivity index (χ0v) is 7.27. The van der Waals surface area contributed by atoms with Gasteiger partial charge in [-0.3, -0.25) is 10.1 Å². The minimum Gasteiger partial charge on any atom is -0.258 e. The summed E-state index contributed by atoms with van der Waals surface area (Å²) in [6.07, 6.45) is 1.29. The quantitative estimate of drug-likeness (QED) is 0.411. The Labute approximate surface area is 81.1 Å². The molecule has 0 amide bonds. The van der Waals surface area contributed by atoms with Gasteiger partial charge >= 0.3 is 11.6 Å². The Kier molecular flexibility index (Phi) is 1.81. The highest BCUT2D eigenvalue weighted by molar-refractivity contribution is 6.29. The molecule has 0 saturated carbocycles. The van der Waals surface area contributed by atoms with Gasteiger partial charge in [-0.05, 0) is 6.07 Å². The molecule has 0 radical (unpaired) electrons. The molecule has 0 bridgehead atoms. The Morgan fingerprint density at radius 3 is 3.00 bits per heavy atom. The summed E-state index contributed by atoms with van der Waals surface area (Å²) in [5.41, 5.74) is -0.979. The standard InChI is InChI=1S/C6H2ClFN4O2/c7-3-1-2-11-6(9-3)4(12(13)14)5(8)10-11/h1-2H. The van der Waals surface area contributed by atoms with Gasteiger partial charge in [-0.15, -0.1) is 5.10 Å². The molecule has 0 aliphatic carbocycles. The third-order valence-corrected chi connectivity index (χ3v) is 1.78. The van der Waals surface area contributed by atoms with Crippen LogP contribution in [0.2, 0.25) is 5.15 Å². The predicted molar refractivity (Wildman–Crippen MR) is 44.6 cm³/mol. The fraction of sp³-hybridized carbons (Fsp3) is 0. The minimum absolute atomic E-state index is 0.0421. The largest absolute Gasteiger partial charge is 0.369 e. The van der Waals surface area contributed by atoms with Crippen molar-refractivity contribution in [3.8, 4) is 0 Å². The van der Waals surface area contributed by atoms with Crippen LogP contribution in [0.25, 0.3) is 5.65 Å². The SMILES string of the molecule is O=[N+]([O-])c1c(F)nn2ccc(Cl)nc12. The second-order valence-corrected chi connectivity index (χ2v) is 2.80. The third kappa shape index (κ3) is 1.18. The van der Waals surface area contributed by atoms with Gasteiger partial charge in [0, 0.05) is 6.20 Å². The van der Waals surface area contributed by atoms with Crippen LogP contribution in [0.5, 0.6) is 0 Å². The second-order valence-electron chi connectivity index (χ2n) is 2.41. The fourth-order valence-electron chi connectivity index (χ4n) is 1.03. The van der Waals surface area contributed by atoms with Crippen LogP contribution in [0.4, 0.5) is 10.1 Å². The van der Waals surface area contributed by atoms with Gasteiger partial charge in [0.15, 0.2) is 0 Å². The highest BCUT2D eigenvalue weighted by Crippen LogP contribution is 2.22. The molecule has 14 heavy (non-hydrogen) atoms. The lowest BCUT2D eigenvalue weighted by molar-refractivity contribution is -0.386. The van der Waals surface area contributed by atoms with Crippen molar-refractivity contribution < 1.29 is 9.31 Å². The molecule has 0 aliphatic heterocycles. The van der Waals surface area contributed by atoms with E-state index < -0.39 is 16.6 Å². The Hall–Kier alpha value is -1.76. The molecule has 2 heterocycles. The number of nitrogens with zero attached hydrogens (tertiary/aromatic N) is 4. The van der Waals surface area contributed by atoms with Crippen molar-refractivity contribution in [3.05, 3.63) is 33.5 Å². The van der Waals surface area contributed by atoms with Gasteiger partial charge in [-0.25, -0.2) is 9.50 Å². The lowest BCUT2D eigenvalue weighted by atomic mass is 10.5. The Bertz CT molecular complexity index is 526. The van der Waals surface area contributed by atoms with E-state index in [0.29, 0.717) is 0 Å². The summed E-state index contributed by atoms with van der Waals surface area (Å²) >= 11 is 5.51. The summed E-state index contributed by atoms with van der Waals surface area (Å²) in [7, 11) is 0. The third-order valence-electron chi connectivity index (χ3n) is 1.57. The van der Waals surface area contributed by atoms with Crippen LogP contribution in [0.15, 0.2) is 12.3 Å². The van der Waals surface area contributed by atoms with E-state index in [0.717, 1.165) is 4.52 Å². The maximum atomic E-state index is 12.9. The van der Waals surface area contributed by atoms with E-state index in [-0.39, 0.29) is 10.8 Å². The molecule has 0 aromatic carbocycles. The topological polar surface area (TPSA) is 73.3 Å². The summed E-state index contributed by atoms with van der Waals surface area (Å²) in [5, 5.41) is 13.7. The van der Waals surface area contributed by atoms with Crippen LogP contribution in [0.1, 0.15) is 0 Å². The van der Waals surface area contributed by atoms with Crippen molar-refractivity contribution in [2.45, 2.75) is 0 Å². The van der Waals surface area contributed by atoms with E-state index in [1.807, 2.05) is 0 Å². The van der Waals surface area contributed by atoms with E-state index in [2.05, 4.69) is 10.1 Å². The molecule has 0 N–H and O–H groups in total. The van der Waals surface area contributed by atoms with Gasteiger partial charge in [-0.1, -0.05) is 11.6 Å². The van der Waals surface area contributed by atoms with Gasteiger partial charge < -0.3 is 0 Å². The van der Waals surface area contributed by atoms with Crippen molar-refractivity contribution in [3.63, 3.8) is 0 Å². The number of halogens is 2. The number of hydrogen-bond acceptors (Lipinski definition) is 4. The Balaban J connectivity index is 2.86. The molecule has 0 aliphatic rings. The molecule has 0 saturated heterocycles. The van der Waals surface area contributed by atoms with Crippen LogP contribution in [-0.4, -0.2) is 19.5 Å². The summed E-state index contributed by atoms with van der Waals surface area (Å²) in [6.45, 7) is 0. The summed E-state index contributed by atoms with van der Waals surface area (Å²) in [6, 6.07) is 1.35. The monoisotopic (exact) mass is 216 g/mol. The highest BCUT2D eigenvalue weighted by Gasteiger charge is 2.24. The molecule has 2 aromatic rings. The number of hydrogen-bond donors (Lipinski definition) is 0. The van der Waals surface area contributed by atoms with Gasteiger partial charge in [0.1, 0.15) is 5.15 Å². The first-order chi connectivity index (χ1) is 6.59. The first kappa shape index (κ1) is 8.82. The van der Waals surface area contributed by atoms with Gasteiger partial charge in [0.2, 0.25) is 5.65 Å². The number of nitro groups is 1. The fourth-order valence-corrected chi connectivity index (χ4v) is 1.16. The van der Waals surface area contributed by atoms with Crippen molar-refractivity contribution in [2.24, 2.45) is 0 Å². The molecular weight excluding hydrogens is 215 g/mol. The number of fused-ring (bicyclic) bond motifs is 1. The van der Waals surface area contributed by atoms with Crippen molar-refractivity contribution in [1.82, 2.24) is 14.6 Å². The summed E-state index contributed by atoms with van der Waals surface area (Å²) < 4.78 is 13.9. The van der Waals surface area contributed by atoms with Gasteiger partial charge in [-0.2, -0.15) is 4.39 Å². The zero-order valence-electron chi connectivity index (χ0n) is 6.52. The molecule has 0 fully saturated rings. The lowest BCUT2D eigenvalue weighted by Gasteiger charge is -1.90. The van der Waals surface area contributed by atoms with Gasteiger partial charge in [0.25, 0.3) is 0 Å². The average Bonchev–Trinajstić information content (AvgIpc) is 2.40. The number of rotatable bonds is 1. The smallest absolute Gasteiger partial charge is 0.258 e. The molecule has 2 rings (SSSR count). The van der Waals surface area contributed by atoms with Crippen LogP contribution >= 0.6 is 11.6 Å². The van der Waals surface area contributed by atoms with Crippen LogP contribution in [0.3, 0.4) is 0 Å². The normalized spacial score (nSPS) is 10.7. The van der Waals surface area contributed by atoms with Crippen molar-refractivity contribution in [2.75, 3.05) is 0 Å². The molecule has 8 heteroatoms. The molecule has 0 atom stereocenters. The first-order valence-electron chi connectivity index (χ1n) is 3.44. The Morgan fingerprint density at radius 2 is 2.36 bits per heavy atom. The summed E-state index contributed by atoms with van der Waals surface area (Å²) in [5.74, 6) is -1.18. The molecular formula is C6H2ClFN4O2. The second kappa shape index (κ2) is 2.88. The average molecular weight is 217 g/mol. The van der Waals surface area contributed by atoms with Gasteiger partial charge in [0.05, 0.1) is 4.92 Å². The predicted octanol–water partition coefficient (Wildman–Crippen LogP) is 1.43. The highest BCUT2D eigenvalue weighted by atomic mass is 35.5. The van der Waals surface area contributed by atoms with Crippen molar-refractivity contribution >= 4 is 22.9 Å². The lowest BCUT2D eigenvalue weighted by Crippen LogP contribution is -1.92. The van der Waals surface area contributed by atoms with Crippen LogP contribution < -0.4 is 0 Å². The maximum Gasteiger partial charge on any atom is 0.369 e. The minimum atomic E-state index is -1.18. The van der Waals surface area contributed by atoms with E-state index in [4.69, 9.17) is 11.6 Å². The van der Waals surface area contributed by atoms with Crippen LogP contribution in [-0.2, 0) is 0 Å². The van der Waals surface area contributed by atoms with E-state index >= 15 is 0 Å². The molecule has 0 unspecified atom stereocenters. The van der Waals surface area contributed by atoms with Crippen LogP contribution in [0, 0.1) is 16.1 Å². The molecule has 72 valence electrons.